The highest BCUT2D eigenvalue weighted by atomic mass is 32.2. The van der Waals surface area contributed by atoms with Gasteiger partial charge in [-0.25, -0.2) is 0 Å². The van der Waals surface area contributed by atoms with E-state index in [2.05, 4.69) is 48.8 Å². The van der Waals surface area contributed by atoms with Gasteiger partial charge in [-0.15, -0.1) is 0 Å². The van der Waals surface area contributed by atoms with E-state index in [-0.39, 0.29) is 0 Å². The van der Waals surface area contributed by atoms with Crippen LogP contribution in [0.1, 0.15) is 13.8 Å². The zero-order valence-electron chi connectivity index (χ0n) is 7.87. The summed E-state index contributed by atoms with van der Waals surface area (Å²) in [6, 6.07) is 8.40. The number of anilines is 1. The molecule has 1 aliphatic rings. The zero-order valence-corrected chi connectivity index (χ0v) is 8.69. The molecule has 0 spiro atoms. The van der Waals surface area contributed by atoms with Crippen molar-refractivity contribution < 1.29 is 0 Å². The highest BCUT2D eigenvalue weighted by molar-refractivity contribution is 8.02. The van der Waals surface area contributed by atoms with E-state index >= 15 is 0 Å². The van der Waals surface area contributed by atoms with E-state index in [1.807, 2.05) is 0 Å². The molecule has 1 aromatic carbocycles. The molecule has 0 radical (unpaired) electrons. The van der Waals surface area contributed by atoms with Gasteiger partial charge in [-0.2, -0.15) is 0 Å². The van der Waals surface area contributed by atoms with Crippen molar-refractivity contribution in [1.82, 2.24) is 0 Å². The Kier molecular flexibility index (Phi) is 2.32. The van der Waals surface area contributed by atoms with E-state index in [1.54, 1.807) is 11.8 Å². The van der Waals surface area contributed by atoms with E-state index in [0.29, 0.717) is 5.92 Å². The molecule has 0 saturated carbocycles. The van der Waals surface area contributed by atoms with Gasteiger partial charge in [-0.05, 0) is 23.5 Å². The Bertz CT molecular complexity index is 342. The van der Waals surface area contributed by atoms with Crippen LogP contribution in [0.25, 0.3) is 0 Å². The molecule has 1 aromatic rings. The monoisotopic (exact) mass is 191 g/mol. The summed E-state index contributed by atoms with van der Waals surface area (Å²) in [4.78, 5) is 1.31. The summed E-state index contributed by atoms with van der Waals surface area (Å²) in [6.07, 6.45) is 0. The van der Waals surface area contributed by atoms with Gasteiger partial charge in [-0.3, -0.25) is 0 Å². The number of nitrogens with one attached hydrogen (secondary N) is 1. The third kappa shape index (κ3) is 1.73. The first-order valence-electron chi connectivity index (χ1n) is 4.50. The Morgan fingerprint density at radius 3 is 2.77 bits per heavy atom. The Hall–Kier alpha value is -0.890. The number of hydrogen-bond acceptors (Lipinski definition) is 2. The molecule has 0 fully saturated rings. The molecular weight excluding hydrogens is 178 g/mol. The van der Waals surface area contributed by atoms with Crippen LogP contribution in [0, 0.1) is 5.92 Å². The largest absolute Gasteiger partial charge is 0.357 e. The molecule has 2 rings (SSSR count). The maximum absolute atomic E-state index is 3.44. The summed E-state index contributed by atoms with van der Waals surface area (Å²) in [5.74, 6) is 0.570. The minimum Gasteiger partial charge on any atom is -0.357 e. The van der Waals surface area contributed by atoms with Gasteiger partial charge in [0.15, 0.2) is 0 Å². The van der Waals surface area contributed by atoms with Gasteiger partial charge in [0.2, 0.25) is 0 Å². The smallest absolute Gasteiger partial charge is 0.0523 e. The van der Waals surface area contributed by atoms with E-state index in [4.69, 9.17) is 0 Å². The third-order valence-electron chi connectivity index (χ3n) is 2.10. The second-order valence-corrected chi connectivity index (χ2v) is 4.38. The van der Waals surface area contributed by atoms with Gasteiger partial charge in [0, 0.05) is 10.6 Å². The topological polar surface area (TPSA) is 12.0 Å². The predicted octanol–water partition coefficient (Wildman–Crippen LogP) is 3.70. The summed E-state index contributed by atoms with van der Waals surface area (Å²) < 4.78 is 0. The van der Waals surface area contributed by atoms with Gasteiger partial charge in [0.1, 0.15) is 0 Å². The number of thioether (sulfide) groups is 1. The van der Waals surface area contributed by atoms with E-state index in [1.165, 1.54) is 16.3 Å². The second-order valence-electron chi connectivity index (χ2n) is 3.47. The number of allylic oxidation sites excluding steroid dienone is 1. The minimum atomic E-state index is 0.570. The van der Waals surface area contributed by atoms with Crippen LogP contribution in [-0.4, -0.2) is 0 Å². The first kappa shape index (κ1) is 8.70. The zero-order chi connectivity index (χ0) is 9.26. The van der Waals surface area contributed by atoms with Crippen LogP contribution in [0.5, 0.6) is 0 Å². The lowest BCUT2D eigenvalue weighted by Crippen LogP contribution is -2.08. The quantitative estimate of drug-likeness (QED) is 0.726. The van der Waals surface area contributed by atoms with Crippen molar-refractivity contribution in [2.45, 2.75) is 18.7 Å². The number of fused-ring (bicyclic) bond motifs is 1. The van der Waals surface area contributed by atoms with Gasteiger partial charge in [0.05, 0.1) is 5.69 Å². The molecule has 1 N–H and O–H groups in total. The van der Waals surface area contributed by atoms with E-state index in [0.717, 1.165) is 0 Å². The van der Waals surface area contributed by atoms with Crippen LogP contribution < -0.4 is 5.32 Å². The average Bonchev–Trinajstić information content (AvgIpc) is 2.17. The van der Waals surface area contributed by atoms with E-state index < -0.39 is 0 Å². The van der Waals surface area contributed by atoms with Crippen molar-refractivity contribution in [2.24, 2.45) is 5.92 Å². The molecule has 1 nitrogen and oxygen atoms in total. The van der Waals surface area contributed by atoms with Crippen molar-refractivity contribution in [3.8, 4) is 0 Å². The maximum Gasteiger partial charge on any atom is 0.0523 e. The van der Waals surface area contributed by atoms with Crippen molar-refractivity contribution in [2.75, 3.05) is 5.32 Å². The molecule has 0 atom stereocenters. The predicted molar refractivity (Wildman–Crippen MR) is 58.8 cm³/mol. The summed E-state index contributed by atoms with van der Waals surface area (Å²) in [5.41, 5.74) is 2.54. The summed E-state index contributed by atoms with van der Waals surface area (Å²) >= 11 is 1.80. The van der Waals surface area contributed by atoms with E-state index in [9.17, 15) is 0 Å². The van der Waals surface area contributed by atoms with Gasteiger partial charge >= 0.3 is 0 Å². The molecule has 0 aliphatic carbocycles. The van der Waals surface area contributed by atoms with Crippen LogP contribution in [-0.2, 0) is 0 Å². The van der Waals surface area contributed by atoms with Crippen LogP contribution in [0.2, 0.25) is 0 Å². The molecular formula is C11H13NS. The normalized spacial score (nSPS) is 14.8. The summed E-state index contributed by atoms with van der Waals surface area (Å²) in [6.45, 7) is 4.40. The Morgan fingerprint density at radius 2 is 2.00 bits per heavy atom. The molecule has 0 unspecified atom stereocenters. The SMILES string of the molecule is CC(C)C1=CSc2ccccc2N1. The van der Waals surface area contributed by atoms with Crippen molar-refractivity contribution in [3.63, 3.8) is 0 Å². The van der Waals surface area contributed by atoms with Crippen LogP contribution in [0.4, 0.5) is 5.69 Å². The second kappa shape index (κ2) is 3.46. The standard InChI is InChI=1S/C11H13NS/c1-8(2)10-7-13-11-6-4-3-5-9(11)12-10/h3-8,12H,1-2H3. The molecule has 1 heterocycles. The summed E-state index contributed by atoms with van der Waals surface area (Å²) in [7, 11) is 0. The number of para-hydroxylation sites is 1. The Balaban J connectivity index is 2.28. The molecule has 1 aliphatic heterocycles. The first-order valence-corrected chi connectivity index (χ1v) is 5.38. The first-order chi connectivity index (χ1) is 6.27. The van der Waals surface area contributed by atoms with Crippen molar-refractivity contribution in [1.29, 1.82) is 0 Å². The fourth-order valence-electron chi connectivity index (χ4n) is 1.27. The Morgan fingerprint density at radius 1 is 1.23 bits per heavy atom. The van der Waals surface area contributed by atoms with Crippen molar-refractivity contribution in [3.05, 3.63) is 35.4 Å². The third-order valence-corrected chi connectivity index (χ3v) is 3.08. The molecule has 0 aromatic heterocycles. The lowest BCUT2D eigenvalue weighted by Gasteiger charge is -2.20. The molecule has 0 bridgehead atoms. The van der Waals surface area contributed by atoms with Gasteiger partial charge in [0.25, 0.3) is 0 Å². The van der Waals surface area contributed by atoms with Crippen LogP contribution in [0.15, 0.2) is 40.3 Å². The van der Waals surface area contributed by atoms with Crippen molar-refractivity contribution >= 4 is 17.4 Å². The van der Waals surface area contributed by atoms with Gasteiger partial charge < -0.3 is 5.32 Å². The lowest BCUT2D eigenvalue weighted by atomic mass is 10.1. The average molecular weight is 191 g/mol. The summed E-state index contributed by atoms with van der Waals surface area (Å²) in [5, 5.41) is 5.64. The van der Waals surface area contributed by atoms with Gasteiger partial charge in [-0.1, -0.05) is 37.7 Å². The maximum atomic E-state index is 3.44. The minimum absolute atomic E-state index is 0.570. The Labute approximate surface area is 83.2 Å². The van der Waals surface area contributed by atoms with Crippen LogP contribution in [0.3, 0.4) is 0 Å². The van der Waals surface area contributed by atoms with Crippen LogP contribution >= 0.6 is 11.8 Å². The lowest BCUT2D eigenvalue weighted by molar-refractivity contribution is 0.775. The number of rotatable bonds is 1. The fraction of sp³-hybridized carbons (Fsp3) is 0.273. The molecule has 13 heavy (non-hydrogen) atoms. The highest BCUT2D eigenvalue weighted by Gasteiger charge is 2.11. The molecule has 0 amide bonds. The molecule has 2 heteroatoms. The fourth-order valence-corrected chi connectivity index (χ4v) is 2.25. The molecule has 68 valence electrons. The number of hydrogen-bond donors (Lipinski definition) is 1. The molecule has 0 saturated heterocycles. The highest BCUT2D eigenvalue weighted by Crippen LogP contribution is 2.35. The number of benzene rings is 1.